The molecule has 0 aliphatic heterocycles. The highest BCUT2D eigenvalue weighted by Gasteiger charge is 2.15. The highest BCUT2D eigenvalue weighted by atomic mass is 16.5. The maximum Gasteiger partial charge on any atom is 0.358 e. The van der Waals surface area contributed by atoms with Gasteiger partial charge in [0.15, 0.2) is 17.3 Å². The molecule has 0 atom stereocenters. The minimum absolute atomic E-state index is 0.149. The van der Waals surface area contributed by atoms with Crippen LogP contribution in [-0.2, 0) is 4.74 Å². The lowest BCUT2D eigenvalue weighted by atomic mass is 10.1. The van der Waals surface area contributed by atoms with E-state index in [1.165, 1.54) is 0 Å². The van der Waals surface area contributed by atoms with Gasteiger partial charge >= 0.3 is 5.97 Å². The van der Waals surface area contributed by atoms with E-state index in [0.29, 0.717) is 23.2 Å². The topological polar surface area (TPSA) is 104 Å². The molecule has 0 saturated carbocycles. The van der Waals surface area contributed by atoms with E-state index in [9.17, 15) is 4.79 Å². The largest absolute Gasteiger partial charge is 0.494 e. The Morgan fingerprint density at radius 2 is 1.97 bits per heavy atom. The Morgan fingerprint density at radius 1 is 1.13 bits per heavy atom. The van der Waals surface area contributed by atoms with E-state index < -0.39 is 5.97 Å². The Hall–Kier alpha value is -4.01. The molecule has 3 heterocycles. The zero-order chi connectivity index (χ0) is 22.0. The Kier molecular flexibility index (Phi) is 5.48. The van der Waals surface area contributed by atoms with E-state index in [0.717, 1.165) is 22.2 Å². The molecule has 0 unspecified atom stereocenters. The van der Waals surface area contributed by atoms with Gasteiger partial charge in [0.05, 0.1) is 19.4 Å². The minimum Gasteiger partial charge on any atom is -0.494 e. The fourth-order valence-electron chi connectivity index (χ4n) is 3.25. The van der Waals surface area contributed by atoms with Crippen molar-refractivity contribution in [3.63, 3.8) is 0 Å². The second-order valence-corrected chi connectivity index (χ2v) is 6.89. The van der Waals surface area contributed by atoms with E-state index >= 15 is 0 Å². The third-order valence-electron chi connectivity index (χ3n) is 4.67. The fraction of sp³-hybridized carbons (Fsp3) is 0.227. The number of methoxy groups -OCH3 is 1. The summed E-state index contributed by atoms with van der Waals surface area (Å²) in [7, 11) is 1.63. The van der Waals surface area contributed by atoms with Gasteiger partial charge in [0.25, 0.3) is 0 Å². The second kappa shape index (κ2) is 8.39. The van der Waals surface area contributed by atoms with Crippen LogP contribution in [0.3, 0.4) is 0 Å². The number of rotatable bonds is 6. The number of nitrogens with one attached hydrogen (secondary N) is 1. The summed E-state index contributed by atoms with van der Waals surface area (Å²) in [6.45, 7) is 5.94. The number of hydrogen-bond donors (Lipinski definition) is 1. The van der Waals surface area contributed by atoms with E-state index in [1.807, 2.05) is 44.2 Å². The van der Waals surface area contributed by atoms with Crippen LogP contribution in [0.2, 0.25) is 0 Å². The van der Waals surface area contributed by atoms with Crippen molar-refractivity contribution in [2.45, 2.75) is 20.8 Å². The Balaban J connectivity index is 1.70. The average Bonchev–Trinajstić information content (AvgIpc) is 3.14. The summed E-state index contributed by atoms with van der Waals surface area (Å²) in [5.41, 5.74) is 2.77. The van der Waals surface area contributed by atoms with Crippen LogP contribution in [0.4, 0.5) is 11.6 Å². The van der Waals surface area contributed by atoms with Crippen LogP contribution >= 0.6 is 0 Å². The SMILES string of the molecule is CCOC(=O)c1ccc(Nc2cc(C)nn2-c2cc(C)c3cccc(OC)c3n2)nn1. The molecule has 9 nitrogen and oxygen atoms in total. The maximum atomic E-state index is 11.8. The van der Waals surface area contributed by atoms with Crippen LogP contribution in [0.5, 0.6) is 5.75 Å². The number of pyridine rings is 1. The number of fused-ring (bicyclic) bond motifs is 1. The van der Waals surface area contributed by atoms with Crippen molar-refractivity contribution >= 4 is 28.5 Å². The van der Waals surface area contributed by atoms with Crippen molar-refractivity contribution < 1.29 is 14.3 Å². The summed E-state index contributed by atoms with van der Waals surface area (Å²) >= 11 is 0. The lowest BCUT2D eigenvalue weighted by molar-refractivity contribution is 0.0518. The molecule has 0 bridgehead atoms. The number of anilines is 2. The first-order valence-electron chi connectivity index (χ1n) is 9.79. The summed E-state index contributed by atoms with van der Waals surface area (Å²) < 4.78 is 12.1. The first-order chi connectivity index (χ1) is 15.0. The number of carbonyl (C=O) groups is 1. The van der Waals surface area contributed by atoms with E-state index in [2.05, 4.69) is 20.6 Å². The first-order valence-corrected chi connectivity index (χ1v) is 9.79. The zero-order valence-electron chi connectivity index (χ0n) is 17.7. The number of hydrogen-bond acceptors (Lipinski definition) is 8. The summed E-state index contributed by atoms with van der Waals surface area (Å²) in [6, 6.07) is 12.9. The Bertz CT molecular complexity index is 1250. The number of esters is 1. The minimum atomic E-state index is -0.507. The summed E-state index contributed by atoms with van der Waals surface area (Å²) in [5, 5.41) is 16.8. The molecule has 0 fully saturated rings. The van der Waals surface area contributed by atoms with Crippen molar-refractivity contribution in [2.75, 3.05) is 19.0 Å². The molecular formula is C22H22N6O3. The van der Waals surface area contributed by atoms with Crippen molar-refractivity contribution in [3.8, 4) is 11.6 Å². The molecule has 0 spiro atoms. The first kappa shape index (κ1) is 20.3. The predicted molar refractivity (Wildman–Crippen MR) is 116 cm³/mol. The van der Waals surface area contributed by atoms with Crippen LogP contribution in [-0.4, -0.2) is 44.6 Å². The summed E-state index contributed by atoms with van der Waals surface area (Å²) in [4.78, 5) is 16.6. The van der Waals surface area contributed by atoms with Crippen LogP contribution in [0, 0.1) is 13.8 Å². The average molecular weight is 418 g/mol. The summed E-state index contributed by atoms with van der Waals surface area (Å²) in [6.07, 6.45) is 0. The monoisotopic (exact) mass is 418 g/mol. The number of ether oxygens (including phenoxy) is 2. The van der Waals surface area contributed by atoms with Gasteiger partial charge in [-0.25, -0.2) is 9.78 Å². The van der Waals surface area contributed by atoms with Gasteiger partial charge in [0, 0.05) is 11.5 Å². The third-order valence-corrected chi connectivity index (χ3v) is 4.67. The molecule has 3 aromatic heterocycles. The number of benzene rings is 1. The van der Waals surface area contributed by atoms with Gasteiger partial charge in [-0.3, -0.25) is 0 Å². The van der Waals surface area contributed by atoms with Gasteiger partial charge in [0.1, 0.15) is 17.1 Å². The van der Waals surface area contributed by atoms with Crippen LogP contribution in [0.1, 0.15) is 28.7 Å². The van der Waals surface area contributed by atoms with Crippen molar-refractivity contribution in [1.29, 1.82) is 0 Å². The fourth-order valence-corrected chi connectivity index (χ4v) is 3.25. The zero-order valence-corrected chi connectivity index (χ0v) is 17.7. The van der Waals surface area contributed by atoms with Gasteiger partial charge in [-0.15, -0.1) is 10.2 Å². The normalized spacial score (nSPS) is 10.8. The van der Waals surface area contributed by atoms with Crippen molar-refractivity contribution in [1.82, 2.24) is 25.0 Å². The number of nitrogens with zero attached hydrogens (tertiary/aromatic N) is 5. The van der Waals surface area contributed by atoms with Crippen LogP contribution < -0.4 is 10.1 Å². The van der Waals surface area contributed by atoms with Gasteiger partial charge in [-0.2, -0.15) is 9.78 Å². The van der Waals surface area contributed by atoms with Crippen molar-refractivity contribution in [2.24, 2.45) is 0 Å². The molecular weight excluding hydrogens is 396 g/mol. The maximum absolute atomic E-state index is 11.8. The molecule has 1 N–H and O–H groups in total. The van der Waals surface area contributed by atoms with Gasteiger partial charge in [-0.1, -0.05) is 12.1 Å². The van der Waals surface area contributed by atoms with Crippen LogP contribution in [0.15, 0.2) is 42.5 Å². The quantitative estimate of drug-likeness (QED) is 0.472. The Labute approximate surface area is 179 Å². The molecule has 0 saturated heterocycles. The lowest BCUT2D eigenvalue weighted by Crippen LogP contribution is -2.10. The summed E-state index contributed by atoms with van der Waals surface area (Å²) in [5.74, 6) is 1.95. The molecule has 9 heteroatoms. The molecule has 0 aliphatic carbocycles. The molecule has 31 heavy (non-hydrogen) atoms. The van der Waals surface area contributed by atoms with Gasteiger partial charge in [0.2, 0.25) is 0 Å². The molecule has 1 aromatic carbocycles. The standard InChI is InChI=1S/C22H22N6O3/c1-5-31-22(29)16-9-10-18(26-25-16)23-20-12-14(3)27-28(20)19-11-13(2)15-7-6-8-17(30-4)21(15)24-19/h6-12H,5H2,1-4H3,(H,23,26). The Morgan fingerprint density at radius 3 is 2.68 bits per heavy atom. The number of aryl methyl sites for hydroxylation is 2. The molecule has 0 radical (unpaired) electrons. The van der Waals surface area contributed by atoms with Crippen molar-refractivity contribution in [3.05, 3.63) is 59.4 Å². The smallest absolute Gasteiger partial charge is 0.358 e. The number of para-hydroxylation sites is 1. The molecule has 0 aliphatic rings. The van der Waals surface area contributed by atoms with Gasteiger partial charge in [-0.05, 0) is 50.6 Å². The molecule has 0 amide bonds. The second-order valence-electron chi connectivity index (χ2n) is 6.89. The van der Waals surface area contributed by atoms with E-state index in [1.54, 1.807) is 30.8 Å². The van der Waals surface area contributed by atoms with Gasteiger partial charge < -0.3 is 14.8 Å². The number of aromatic nitrogens is 5. The van der Waals surface area contributed by atoms with E-state index in [-0.39, 0.29) is 12.3 Å². The molecule has 4 aromatic rings. The number of carbonyl (C=O) groups excluding carboxylic acids is 1. The highest BCUT2D eigenvalue weighted by Crippen LogP contribution is 2.29. The van der Waals surface area contributed by atoms with E-state index in [4.69, 9.17) is 14.5 Å². The molecule has 4 rings (SSSR count). The third kappa shape index (κ3) is 4.02. The predicted octanol–water partition coefficient (Wildman–Crippen LogP) is 3.76. The lowest BCUT2D eigenvalue weighted by Gasteiger charge is -2.12. The highest BCUT2D eigenvalue weighted by molar-refractivity contribution is 5.88. The van der Waals surface area contributed by atoms with Crippen LogP contribution in [0.25, 0.3) is 16.7 Å². The molecule has 158 valence electrons.